The second-order valence-corrected chi connectivity index (χ2v) is 5.66. The average molecular weight is 295 g/mol. The zero-order valence-electron chi connectivity index (χ0n) is 12.0. The third-order valence-electron chi connectivity index (χ3n) is 3.63. The first kappa shape index (κ1) is 15.2. The molecule has 1 aromatic rings. The Labute approximate surface area is 126 Å². The molecule has 0 spiro atoms. The number of nitrogens with zero attached hydrogens (tertiary/aromatic N) is 1. The zero-order valence-corrected chi connectivity index (χ0v) is 12.8. The molecule has 2 rings (SSSR count). The summed E-state index contributed by atoms with van der Waals surface area (Å²) >= 11 is 6.08. The number of rotatable bonds is 7. The molecule has 0 unspecified atom stereocenters. The lowest BCUT2D eigenvalue weighted by Crippen LogP contribution is -2.26. The van der Waals surface area contributed by atoms with Gasteiger partial charge in [0.2, 0.25) is 0 Å². The molecule has 0 radical (unpaired) electrons. The van der Waals surface area contributed by atoms with Crippen LogP contribution in [0.25, 0.3) is 5.70 Å². The molecular weight excluding hydrogens is 272 g/mol. The van der Waals surface area contributed by atoms with Crippen molar-refractivity contribution in [2.75, 3.05) is 31.6 Å². The van der Waals surface area contributed by atoms with Gasteiger partial charge in [0.1, 0.15) is 0 Å². The first-order valence-corrected chi connectivity index (χ1v) is 7.66. The van der Waals surface area contributed by atoms with Crippen LogP contribution in [0.2, 0.25) is 5.02 Å². The fraction of sp³-hybridized carbons (Fsp3) is 0.500. The van der Waals surface area contributed by atoms with Crippen LogP contribution >= 0.6 is 11.6 Å². The Morgan fingerprint density at radius 2 is 2.05 bits per heavy atom. The van der Waals surface area contributed by atoms with Crippen molar-refractivity contribution in [2.24, 2.45) is 0 Å². The minimum atomic E-state index is 0.305. The smallest absolute Gasteiger partial charge is 0.0475 e. The standard InChI is InChI=1S/C16H23ClN2O/c1-19-10-8-15(18-9-4-2-3-5-11-20)14-7-6-13(17)12-16(14)19/h6-8,12,18,20H,2-5,9-11H2,1H3. The lowest BCUT2D eigenvalue weighted by molar-refractivity contribution is 0.282. The van der Waals surface area contributed by atoms with Gasteiger partial charge in [-0.15, -0.1) is 0 Å². The number of hydrogen-bond acceptors (Lipinski definition) is 3. The lowest BCUT2D eigenvalue weighted by Gasteiger charge is -2.28. The van der Waals surface area contributed by atoms with Crippen molar-refractivity contribution in [1.29, 1.82) is 0 Å². The van der Waals surface area contributed by atoms with Crippen LogP contribution in [0.3, 0.4) is 0 Å². The molecule has 110 valence electrons. The van der Waals surface area contributed by atoms with Gasteiger partial charge in [-0.2, -0.15) is 0 Å². The number of fused-ring (bicyclic) bond motifs is 1. The van der Waals surface area contributed by atoms with E-state index >= 15 is 0 Å². The van der Waals surface area contributed by atoms with Gasteiger partial charge in [-0.05, 0) is 37.1 Å². The predicted octanol–water partition coefficient (Wildman–Crippen LogP) is 3.27. The molecule has 1 aliphatic rings. The molecule has 3 nitrogen and oxygen atoms in total. The molecule has 0 aliphatic carbocycles. The number of unbranched alkanes of at least 4 members (excludes halogenated alkanes) is 3. The Morgan fingerprint density at radius 1 is 1.25 bits per heavy atom. The first-order valence-electron chi connectivity index (χ1n) is 7.28. The van der Waals surface area contributed by atoms with Gasteiger partial charge in [-0.25, -0.2) is 0 Å². The molecule has 4 heteroatoms. The lowest BCUT2D eigenvalue weighted by atomic mass is 10.0. The van der Waals surface area contributed by atoms with E-state index in [0.29, 0.717) is 6.61 Å². The summed E-state index contributed by atoms with van der Waals surface area (Å²) in [7, 11) is 2.08. The van der Waals surface area contributed by atoms with Crippen LogP contribution in [0.5, 0.6) is 0 Å². The van der Waals surface area contributed by atoms with Crippen molar-refractivity contribution in [3.63, 3.8) is 0 Å². The largest absolute Gasteiger partial charge is 0.396 e. The first-order chi connectivity index (χ1) is 9.72. The van der Waals surface area contributed by atoms with Crippen LogP contribution in [-0.4, -0.2) is 31.9 Å². The second kappa shape index (κ2) is 7.55. The molecule has 0 bridgehead atoms. The van der Waals surface area contributed by atoms with Crippen molar-refractivity contribution in [1.82, 2.24) is 5.32 Å². The number of likely N-dealkylation sites (N-methyl/N-ethyl adjacent to an activating group) is 1. The minimum absolute atomic E-state index is 0.305. The van der Waals surface area contributed by atoms with Crippen molar-refractivity contribution < 1.29 is 5.11 Å². The number of hydrogen-bond donors (Lipinski definition) is 2. The molecule has 20 heavy (non-hydrogen) atoms. The van der Waals surface area contributed by atoms with Crippen molar-refractivity contribution in [3.05, 3.63) is 34.9 Å². The maximum atomic E-state index is 8.74. The highest BCUT2D eigenvalue weighted by molar-refractivity contribution is 6.31. The van der Waals surface area contributed by atoms with Crippen LogP contribution in [-0.2, 0) is 0 Å². The average Bonchev–Trinajstić information content (AvgIpc) is 2.45. The molecule has 1 heterocycles. The Balaban J connectivity index is 1.90. The summed E-state index contributed by atoms with van der Waals surface area (Å²) in [5, 5.41) is 13.0. The molecule has 1 aromatic carbocycles. The van der Waals surface area contributed by atoms with E-state index in [9.17, 15) is 0 Å². The molecule has 0 amide bonds. The summed E-state index contributed by atoms with van der Waals surface area (Å²) in [5.74, 6) is 0. The summed E-state index contributed by atoms with van der Waals surface area (Å²) in [6, 6.07) is 6.04. The third-order valence-corrected chi connectivity index (χ3v) is 3.87. The van der Waals surface area contributed by atoms with E-state index in [4.69, 9.17) is 16.7 Å². The van der Waals surface area contributed by atoms with Crippen molar-refractivity contribution in [2.45, 2.75) is 25.7 Å². The van der Waals surface area contributed by atoms with E-state index in [-0.39, 0.29) is 0 Å². The molecule has 0 saturated carbocycles. The van der Waals surface area contributed by atoms with Crippen LogP contribution < -0.4 is 10.2 Å². The predicted molar refractivity (Wildman–Crippen MR) is 86.3 cm³/mol. The second-order valence-electron chi connectivity index (χ2n) is 5.22. The van der Waals surface area contributed by atoms with Gasteiger partial charge in [0.25, 0.3) is 0 Å². The molecule has 0 fully saturated rings. The van der Waals surface area contributed by atoms with Gasteiger partial charge in [0, 0.05) is 48.7 Å². The minimum Gasteiger partial charge on any atom is -0.396 e. The maximum absolute atomic E-state index is 8.74. The Bertz CT molecular complexity index is 474. The van der Waals surface area contributed by atoms with Gasteiger partial charge in [-0.3, -0.25) is 0 Å². The fourth-order valence-electron chi connectivity index (χ4n) is 2.47. The highest BCUT2D eigenvalue weighted by Crippen LogP contribution is 2.31. The number of benzene rings is 1. The van der Waals surface area contributed by atoms with Crippen molar-refractivity contribution in [3.8, 4) is 0 Å². The van der Waals surface area contributed by atoms with Gasteiger partial charge < -0.3 is 15.3 Å². The normalized spacial score (nSPS) is 13.9. The zero-order chi connectivity index (χ0) is 14.4. The molecular formula is C16H23ClN2O. The summed E-state index contributed by atoms with van der Waals surface area (Å²) in [5.41, 5.74) is 3.61. The maximum Gasteiger partial charge on any atom is 0.0475 e. The Morgan fingerprint density at radius 3 is 2.85 bits per heavy atom. The molecule has 0 aromatic heterocycles. The van der Waals surface area contributed by atoms with Crippen LogP contribution in [0.1, 0.15) is 31.2 Å². The summed E-state index contributed by atoms with van der Waals surface area (Å²) in [6.45, 7) is 2.18. The molecule has 0 atom stereocenters. The van der Waals surface area contributed by atoms with Gasteiger partial charge in [-0.1, -0.05) is 24.4 Å². The summed E-state index contributed by atoms with van der Waals surface area (Å²) < 4.78 is 0. The molecule has 0 saturated heterocycles. The van der Waals surface area contributed by atoms with Crippen LogP contribution in [0, 0.1) is 0 Å². The van der Waals surface area contributed by atoms with E-state index in [1.807, 2.05) is 12.1 Å². The molecule has 2 N–H and O–H groups in total. The van der Waals surface area contributed by atoms with E-state index < -0.39 is 0 Å². The highest BCUT2D eigenvalue weighted by Gasteiger charge is 2.15. The topological polar surface area (TPSA) is 35.5 Å². The van der Waals surface area contributed by atoms with E-state index in [1.54, 1.807) is 0 Å². The highest BCUT2D eigenvalue weighted by atomic mass is 35.5. The van der Waals surface area contributed by atoms with E-state index in [0.717, 1.165) is 43.8 Å². The SMILES string of the molecule is CN1CC=C(NCCCCCCO)c2ccc(Cl)cc21. The third kappa shape index (κ3) is 3.90. The molecule has 1 aliphatic heterocycles. The number of aliphatic hydroxyl groups excluding tert-OH is 1. The van der Waals surface area contributed by atoms with E-state index in [1.165, 1.54) is 16.9 Å². The van der Waals surface area contributed by atoms with Gasteiger partial charge in [0.15, 0.2) is 0 Å². The van der Waals surface area contributed by atoms with Crippen LogP contribution in [0.4, 0.5) is 5.69 Å². The quantitative estimate of drug-likeness (QED) is 0.758. The fourth-order valence-corrected chi connectivity index (χ4v) is 2.63. The van der Waals surface area contributed by atoms with E-state index in [2.05, 4.69) is 29.4 Å². The summed E-state index contributed by atoms with van der Waals surface area (Å²) in [4.78, 5) is 2.20. The number of aliphatic hydroxyl groups is 1. The number of halogens is 1. The van der Waals surface area contributed by atoms with Gasteiger partial charge in [0.05, 0.1) is 0 Å². The number of nitrogens with one attached hydrogen (secondary N) is 1. The Kier molecular flexibility index (Phi) is 5.74. The monoisotopic (exact) mass is 294 g/mol. The summed E-state index contributed by atoms with van der Waals surface area (Å²) in [6.07, 6.45) is 6.54. The number of anilines is 1. The van der Waals surface area contributed by atoms with Gasteiger partial charge >= 0.3 is 0 Å². The van der Waals surface area contributed by atoms with Crippen molar-refractivity contribution >= 4 is 23.0 Å². The van der Waals surface area contributed by atoms with Crippen LogP contribution in [0.15, 0.2) is 24.3 Å². The Hall–Kier alpha value is -1.19.